The zero-order valence-corrected chi connectivity index (χ0v) is 16.4. The molecule has 0 bridgehead atoms. The zero-order chi connectivity index (χ0) is 20.4. The molecule has 7 heteroatoms. The summed E-state index contributed by atoms with van der Waals surface area (Å²) in [5, 5.41) is 0. The molecule has 2 saturated carbocycles. The number of ether oxygens (including phenoxy) is 3. The van der Waals surface area contributed by atoms with Crippen LogP contribution in [0.2, 0.25) is 0 Å². The van der Waals surface area contributed by atoms with Crippen LogP contribution in [0.25, 0.3) is 0 Å². The van der Waals surface area contributed by atoms with E-state index in [0.717, 1.165) is 12.8 Å². The van der Waals surface area contributed by atoms with Crippen molar-refractivity contribution < 1.29 is 28.2 Å². The molecule has 3 rings (SSSR count). The van der Waals surface area contributed by atoms with Crippen molar-refractivity contribution in [1.29, 1.82) is 0 Å². The van der Waals surface area contributed by atoms with Crippen LogP contribution in [0.1, 0.15) is 32.3 Å². The van der Waals surface area contributed by atoms with E-state index in [4.69, 9.17) is 19.9 Å². The van der Waals surface area contributed by atoms with Gasteiger partial charge in [0.1, 0.15) is 5.54 Å². The molecule has 1 aromatic rings. The van der Waals surface area contributed by atoms with E-state index in [1.54, 1.807) is 13.8 Å². The highest BCUT2D eigenvalue weighted by atomic mass is 19.1. The molecule has 0 spiro atoms. The van der Waals surface area contributed by atoms with Gasteiger partial charge in [0, 0.05) is 18.4 Å². The van der Waals surface area contributed by atoms with Gasteiger partial charge in [-0.2, -0.15) is 0 Å². The molecule has 28 heavy (non-hydrogen) atoms. The highest BCUT2D eigenvalue weighted by Crippen LogP contribution is 2.67. The second kappa shape index (κ2) is 8.17. The average Bonchev–Trinajstić information content (AvgIpc) is 3.16. The third-order valence-electron chi connectivity index (χ3n) is 5.79. The summed E-state index contributed by atoms with van der Waals surface area (Å²) in [6, 6.07) is 9.98. The molecule has 0 aromatic heterocycles. The molecule has 0 heterocycles. The molecule has 0 saturated heterocycles. The molecule has 154 valence electrons. The van der Waals surface area contributed by atoms with Crippen LogP contribution in [0.4, 0.5) is 4.39 Å². The Kier molecular flexibility index (Phi) is 6.05. The molecule has 2 aliphatic carbocycles. The first-order chi connectivity index (χ1) is 13.4. The van der Waals surface area contributed by atoms with E-state index < -0.39 is 41.1 Å². The van der Waals surface area contributed by atoms with E-state index in [2.05, 4.69) is 0 Å². The van der Waals surface area contributed by atoms with Gasteiger partial charge >= 0.3 is 11.9 Å². The zero-order valence-electron chi connectivity index (χ0n) is 16.4. The lowest BCUT2D eigenvalue weighted by Crippen LogP contribution is -2.61. The molecule has 0 radical (unpaired) electrons. The molecule has 2 fully saturated rings. The van der Waals surface area contributed by atoms with Gasteiger partial charge in [-0.3, -0.25) is 0 Å². The number of fused-ring (bicyclic) bond motifs is 1. The van der Waals surface area contributed by atoms with Gasteiger partial charge in [0.2, 0.25) is 5.67 Å². The number of benzene rings is 1. The number of esters is 2. The monoisotopic (exact) mass is 393 g/mol. The maximum Gasteiger partial charge on any atom is 0.344 e. The summed E-state index contributed by atoms with van der Waals surface area (Å²) in [5.74, 6) is -3.33. The van der Waals surface area contributed by atoms with Gasteiger partial charge in [-0.15, -0.1) is 0 Å². The number of aryl methyl sites for hydroxylation is 1. The quantitative estimate of drug-likeness (QED) is 0.511. The van der Waals surface area contributed by atoms with Gasteiger partial charge < -0.3 is 19.9 Å². The maximum atomic E-state index is 15.3. The molecule has 1 aromatic carbocycles. The first-order valence-corrected chi connectivity index (χ1v) is 9.88. The van der Waals surface area contributed by atoms with Crippen LogP contribution >= 0.6 is 0 Å². The van der Waals surface area contributed by atoms with Crippen LogP contribution < -0.4 is 5.73 Å². The van der Waals surface area contributed by atoms with Crippen molar-refractivity contribution in [3.8, 4) is 0 Å². The summed E-state index contributed by atoms with van der Waals surface area (Å²) in [6.45, 7) is 3.84. The fourth-order valence-electron chi connectivity index (χ4n) is 4.43. The number of hydrogen-bond donors (Lipinski definition) is 1. The van der Waals surface area contributed by atoms with Crippen LogP contribution in [0, 0.1) is 11.8 Å². The average molecular weight is 393 g/mol. The number of alkyl halides is 1. The first kappa shape index (κ1) is 20.7. The van der Waals surface area contributed by atoms with Crippen molar-refractivity contribution in [3.63, 3.8) is 0 Å². The van der Waals surface area contributed by atoms with Gasteiger partial charge in [0.25, 0.3) is 0 Å². The Balaban J connectivity index is 1.65. The second-order valence-corrected chi connectivity index (χ2v) is 7.41. The summed E-state index contributed by atoms with van der Waals surface area (Å²) >= 11 is 0. The molecule has 6 nitrogen and oxygen atoms in total. The number of carbonyl (C=O) groups is 2. The van der Waals surface area contributed by atoms with E-state index in [9.17, 15) is 9.59 Å². The summed E-state index contributed by atoms with van der Waals surface area (Å²) in [4.78, 5) is 24.7. The Morgan fingerprint density at radius 2 is 1.79 bits per heavy atom. The van der Waals surface area contributed by atoms with Crippen LogP contribution in [0.15, 0.2) is 30.3 Å². The van der Waals surface area contributed by atoms with E-state index in [1.807, 2.05) is 30.3 Å². The molecule has 2 aliphatic rings. The largest absolute Gasteiger partial charge is 0.465 e. The fraction of sp³-hybridized carbons (Fsp3) is 0.619. The minimum absolute atomic E-state index is 0.0698. The molecule has 0 unspecified atom stereocenters. The number of halogens is 1. The number of carbonyl (C=O) groups excluding carboxylic acids is 2. The van der Waals surface area contributed by atoms with Gasteiger partial charge in [0.05, 0.1) is 19.3 Å². The Bertz CT molecular complexity index is 714. The van der Waals surface area contributed by atoms with Crippen LogP contribution in [0.5, 0.6) is 0 Å². The van der Waals surface area contributed by atoms with Crippen molar-refractivity contribution in [1.82, 2.24) is 0 Å². The lowest BCUT2D eigenvalue weighted by molar-refractivity contribution is -0.162. The lowest BCUT2D eigenvalue weighted by atomic mass is 9.87. The number of rotatable bonds is 9. The first-order valence-electron chi connectivity index (χ1n) is 9.88. The number of hydrogen-bond acceptors (Lipinski definition) is 6. The highest BCUT2D eigenvalue weighted by Gasteiger charge is 2.85. The van der Waals surface area contributed by atoms with Crippen molar-refractivity contribution in [2.45, 2.75) is 50.4 Å². The lowest BCUT2D eigenvalue weighted by Gasteiger charge is -2.33. The standard InChI is InChI=1S/C21H28FNO5/c1-3-26-18(24)20(22)15-13-16(21(23,17(15)20)19(25)27-4-2)28-12-8-11-14-9-6-5-7-10-14/h5-7,9-10,15-17H,3-4,8,11-13,23H2,1-2H3/t15-,16-,17+,20-,21+/m1/s1. The molecule has 0 aliphatic heterocycles. The van der Waals surface area contributed by atoms with Gasteiger partial charge in [0.15, 0.2) is 0 Å². The van der Waals surface area contributed by atoms with Gasteiger partial charge in [-0.25, -0.2) is 14.0 Å². The summed E-state index contributed by atoms with van der Waals surface area (Å²) in [5.41, 5.74) is 3.64. The summed E-state index contributed by atoms with van der Waals surface area (Å²) < 4.78 is 31.1. The molecule has 5 atom stereocenters. The van der Waals surface area contributed by atoms with Gasteiger partial charge in [-0.05, 0) is 38.7 Å². The van der Waals surface area contributed by atoms with E-state index in [-0.39, 0.29) is 19.6 Å². The van der Waals surface area contributed by atoms with E-state index >= 15 is 4.39 Å². The number of nitrogens with two attached hydrogens (primary N) is 1. The predicted molar refractivity (Wildman–Crippen MR) is 100 cm³/mol. The van der Waals surface area contributed by atoms with Gasteiger partial charge in [-0.1, -0.05) is 30.3 Å². The highest BCUT2D eigenvalue weighted by molar-refractivity contribution is 5.92. The third kappa shape index (κ3) is 3.42. The summed E-state index contributed by atoms with van der Waals surface area (Å²) in [6.07, 6.45) is 1.08. The Morgan fingerprint density at radius 1 is 1.14 bits per heavy atom. The normalized spacial score (nSPS) is 33.2. The van der Waals surface area contributed by atoms with Crippen molar-refractivity contribution >= 4 is 11.9 Å². The smallest absolute Gasteiger partial charge is 0.344 e. The second-order valence-electron chi connectivity index (χ2n) is 7.41. The Labute approximate surface area is 164 Å². The summed E-state index contributed by atoms with van der Waals surface area (Å²) in [7, 11) is 0. The van der Waals surface area contributed by atoms with E-state index in [1.165, 1.54) is 5.56 Å². The Morgan fingerprint density at radius 3 is 2.43 bits per heavy atom. The molecular weight excluding hydrogens is 365 g/mol. The fourth-order valence-corrected chi connectivity index (χ4v) is 4.43. The van der Waals surface area contributed by atoms with Crippen molar-refractivity contribution in [3.05, 3.63) is 35.9 Å². The SMILES string of the molecule is CCOC(=O)[C@@]1(N)[C@H]2[C@@H](C[C@H]1OCCCc1ccccc1)[C@]2(F)C(=O)OCC. The minimum Gasteiger partial charge on any atom is -0.465 e. The molecule has 2 N–H and O–H groups in total. The van der Waals surface area contributed by atoms with Crippen molar-refractivity contribution in [2.24, 2.45) is 17.6 Å². The molecular formula is C21H28FNO5. The van der Waals surface area contributed by atoms with Crippen LogP contribution in [-0.2, 0) is 30.2 Å². The van der Waals surface area contributed by atoms with E-state index in [0.29, 0.717) is 6.61 Å². The van der Waals surface area contributed by atoms with Crippen LogP contribution in [-0.4, -0.2) is 49.1 Å². The molecule has 0 amide bonds. The Hall–Kier alpha value is -1.99. The van der Waals surface area contributed by atoms with Crippen LogP contribution in [0.3, 0.4) is 0 Å². The minimum atomic E-state index is -2.23. The topological polar surface area (TPSA) is 87.9 Å². The predicted octanol–water partition coefficient (Wildman–Crippen LogP) is 2.19. The maximum absolute atomic E-state index is 15.3. The third-order valence-corrected chi connectivity index (χ3v) is 5.79. The van der Waals surface area contributed by atoms with Crippen molar-refractivity contribution in [2.75, 3.05) is 19.8 Å².